The van der Waals surface area contributed by atoms with Crippen molar-refractivity contribution in [2.75, 3.05) is 0 Å². The largest absolute Gasteiger partial charge is 0.328 e. The Balaban J connectivity index is 2.53. The third-order valence-electron chi connectivity index (χ3n) is 2.98. The van der Waals surface area contributed by atoms with Gasteiger partial charge in [0.1, 0.15) is 11.6 Å². The van der Waals surface area contributed by atoms with Crippen molar-refractivity contribution in [3.63, 3.8) is 0 Å². The lowest BCUT2D eigenvalue weighted by Crippen LogP contribution is -2.38. The molecule has 3 N–H and O–H groups in total. The predicted molar refractivity (Wildman–Crippen MR) is 56.9 cm³/mol. The summed E-state index contributed by atoms with van der Waals surface area (Å²) in [6.45, 7) is 0. The Labute approximate surface area is 91.3 Å². The lowest BCUT2D eigenvalue weighted by Gasteiger charge is -2.17. The van der Waals surface area contributed by atoms with Crippen LogP contribution >= 0.6 is 0 Å². The van der Waals surface area contributed by atoms with Crippen molar-refractivity contribution >= 4 is 0 Å². The normalized spacial score (nSPS) is 24.2. The topological polar surface area (TPSA) is 105 Å². The molecule has 1 aromatic heterocycles. The summed E-state index contributed by atoms with van der Waals surface area (Å²) in [5.41, 5.74) is 4.68. The van der Waals surface area contributed by atoms with E-state index in [4.69, 9.17) is 11.0 Å². The molecule has 1 saturated carbocycles. The van der Waals surface area contributed by atoms with Gasteiger partial charge in [-0.2, -0.15) is 5.26 Å². The molecule has 1 heterocycles. The first kappa shape index (κ1) is 10.6. The van der Waals surface area contributed by atoms with E-state index in [1.807, 2.05) is 0 Å². The zero-order valence-electron chi connectivity index (χ0n) is 8.64. The van der Waals surface area contributed by atoms with Crippen molar-refractivity contribution in [1.29, 1.82) is 5.26 Å². The van der Waals surface area contributed by atoms with Gasteiger partial charge in [-0.1, -0.05) is 0 Å². The molecule has 0 aliphatic heterocycles. The molecule has 0 saturated heterocycles. The third-order valence-corrected chi connectivity index (χ3v) is 2.98. The number of hydrogen-bond donors (Lipinski definition) is 2. The van der Waals surface area contributed by atoms with Gasteiger partial charge in [0.2, 0.25) is 0 Å². The van der Waals surface area contributed by atoms with Crippen LogP contribution in [-0.4, -0.2) is 15.6 Å². The van der Waals surface area contributed by atoms with Crippen molar-refractivity contribution in [2.24, 2.45) is 5.73 Å². The minimum absolute atomic E-state index is 0.0568. The summed E-state index contributed by atoms with van der Waals surface area (Å²) in [5, 5.41) is 8.73. The second-order valence-electron chi connectivity index (χ2n) is 3.98. The average Bonchev–Trinajstić information content (AvgIpc) is 2.65. The number of nitriles is 1. The molecule has 0 unspecified atom stereocenters. The monoisotopic (exact) mass is 220 g/mol. The van der Waals surface area contributed by atoms with E-state index in [2.05, 4.69) is 4.98 Å². The van der Waals surface area contributed by atoms with Gasteiger partial charge < -0.3 is 5.73 Å². The van der Waals surface area contributed by atoms with E-state index in [9.17, 15) is 9.59 Å². The number of nitrogens with one attached hydrogen (secondary N) is 1. The standard InChI is InChI=1S/C10H12N4O2/c11-4-6-5-14(10(16)13-9(6)15)8-3-1-2-7(8)12/h5,7-8H,1-3,12H2,(H,13,15,16)/t7-,8-/m1/s1. The van der Waals surface area contributed by atoms with Crippen molar-refractivity contribution < 1.29 is 0 Å². The molecule has 2 rings (SSSR count). The SMILES string of the molecule is N#Cc1cn([C@@H]2CCC[C@H]2N)c(=O)[nH]c1=O. The molecule has 84 valence electrons. The molecule has 1 fully saturated rings. The van der Waals surface area contributed by atoms with E-state index in [1.54, 1.807) is 6.07 Å². The van der Waals surface area contributed by atoms with Gasteiger partial charge in [0.25, 0.3) is 5.56 Å². The molecule has 1 aliphatic carbocycles. The Hall–Kier alpha value is -1.87. The molecule has 2 atom stereocenters. The van der Waals surface area contributed by atoms with Crippen molar-refractivity contribution in [3.8, 4) is 6.07 Å². The smallest absolute Gasteiger partial charge is 0.326 e. The maximum atomic E-state index is 11.6. The highest BCUT2D eigenvalue weighted by Gasteiger charge is 2.26. The summed E-state index contributed by atoms with van der Waals surface area (Å²) in [4.78, 5) is 24.9. The fraction of sp³-hybridized carbons (Fsp3) is 0.500. The van der Waals surface area contributed by atoms with Crippen LogP contribution in [0, 0.1) is 11.3 Å². The number of hydrogen-bond acceptors (Lipinski definition) is 4. The summed E-state index contributed by atoms with van der Waals surface area (Å²) in [7, 11) is 0. The molecular formula is C10H12N4O2. The van der Waals surface area contributed by atoms with E-state index in [-0.39, 0.29) is 17.6 Å². The number of aromatic amines is 1. The highest BCUT2D eigenvalue weighted by Crippen LogP contribution is 2.26. The van der Waals surface area contributed by atoms with Crippen LogP contribution in [0.15, 0.2) is 15.8 Å². The minimum Gasteiger partial charge on any atom is -0.326 e. The summed E-state index contributed by atoms with van der Waals surface area (Å²) in [6, 6.07) is 1.55. The fourth-order valence-electron chi connectivity index (χ4n) is 2.13. The fourth-order valence-corrected chi connectivity index (χ4v) is 2.13. The Bertz CT molecular complexity index is 551. The molecule has 6 heteroatoms. The average molecular weight is 220 g/mol. The van der Waals surface area contributed by atoms with Crippen LogP contribution in [0.2, 0.25) is 0 Å². The van der Waals surface area contributed by atoms with E-state index >= 15 is 0 Å². The number of H-pyrrole nitrogens is 1. The molecule has 16 heavy (non-hydrogen) atoms. The Morgan fingerprint density at radius 2 is 2.25 bits per heavy atom. The molecule has 0 amide bonds. The van der Waals surface area contributed by atoms with Crippen molar-refractivity contribution in [2.45, 2.75) is 31.3 Å². The van der Waals surface area contributed by atoms with Crippen LogP contribution in [-0.2, 0) is 0 Å². The number of nitrogens with zero attached hydrogens (tertiary/aromatic N) is 2. The van der Waals surface area contributed by atoms with Gasteiger partial charge >= 0.3 is 5.69 Å². The molecule has 1 aliphatic rings. The first-order valence-corrected chi connectivity index (χ1v) is 5.14. The number of nitrogens with two attached hydrogens (primary N) is 1. The van der Waals surface area contributed by atoms with Gasteiger partial charge in [-0.05, 0) is 19.3 Å². The van der Waals surface area contributed by atoms with Crippen molar-refractivity contribution in [3.05, 3.63) is 32.6 Å². The molecule has 0 spiro atoms. The van der Waals surface area contributed by atoms with Gasteiger partial charge in [-0.25, -0.2) is 4.79 Å². The first-order valence-electron chi connectivity index (χ1n) is 5.14. The predicted octanol–water partition coefficient (Wildman–Crippen LogP) is -0.539. The highest BCUT2D eigenvalue weighted by molar-refractivity contribution is 5.22. The second kappa shape index (κ2) is 3.94. The first-order chi connectivity index (χ1) is 7.63. The lowest BCUT2D eigenvalue weighted by atomic mass is 10.2. The van der Waals surface area contributed by atoms with Crippen molar-refractivity contribution in [1.82, 2.24) is 9.55 Å². The molecule has 0 radical (unpaired) electrons. The second-order valence-corrected chi connectivity index (χ2v) is 3.98. The number of rotatable bonds is 1. The van der Waals surface area contributed by atoms with E-state index in [0.29, 0.717) is 0 Å². The summed E-state index contributed by atoms with van der Waals surface area (Å²) < 4.78 is 1.37. The summed E-state index contributed by atoms with van der Waals surface area (Å²) in [6.07, 6.45) is 3.92. The Morgan fingerprint density at radius 3 is 2.81 bits per heavy atom. The molecule has 0 bridgehead atoms. The molecule has 1 aromatic rings. The summed E-state index contributed by atoms with van der Waals surface area (Å²) in [5.74, 6) is 0. The van der Waals surface area contributed by atoms with E-state index < -0.39 is 11.2 Å². The molecule has 0 aromatic carbocycles. The van der Waals surface area contributed by atoms with Crippen LogP contribution in [0.5, 0.6) is 0 Å². The number of aromatic nitrogens is 2. The Kier molecular flexibility index (Phi) is 2.62. The van der Waals surface area contributed by atoms with Crippen LogP contribution in [0.25, 0.3) is 0 Å². The van der Waals surface area contributed by atoms with E-state index in [0.717, 1.165) is 19.3 Å². The zero-order chi connectivity index (χ0) is 11.7. The quantitative estimate of drug-likeness (QED) is 0.663. The van der Waals surface area contributed by atoms with E-state index in [1.165, 1.54) is 10.8 Å². The highest BCUT2D eigenvalue weighted by atomic mass is 16.2. The van der Waals surface area contributed by atoms with Gasteiger partial charge in [-0.3, -0.25) is 14.3 Å². The molecule has 6 nitrogen and oxygen atoms in total. The minimum atomic E-state index is -0.643. The maximum Gasteiger partial charge on any atom is 0.328 e. The van der Waals surface area contributed by atoms with Gasteiger partial charge in [-0.15, -0.1) is 0 Å². The molecular weight excluding hydrogens is 208 g/mol. The maximum absolute atomic E-state index is 11.6. The van der Waals surface area contributed by atoms with Crippen LogP contribution in [0.3, 0.4) is 0 Å². The lowest BCUT2D eigenvalue weighted by molar-refractivity contribution is 0.441. The van der Waals surface area contributed by atoms with Gasteiger partial charge in [0, 0.05) is 12.2 Å². The summed E-state index contributed by atoms with van der Waals surface area (Å²) >= 11 is 0. The third kappa shape index (κ3) is 1.66. The van der Waals surface area contributed by atoms with Gasteiger partial charge in [0.05, 0.1) is 6.04 Å². The van der Waals surface area contributed by atoms with Gasteiger partial charge in [0.15, 0.2) is 0 Å². The van der Waals surface area contributed by atoms with Crippen LogP contribution in [0.4, 0.5) is 0 Å². The van der Waals surface area contributed by atoms with Crippen LogP contribution in [0.1, 0.15) is 30.9 Å². The zero-order valence-corrected chi connectivity index (χ0v) is 8.64. The van der Waals surface area contributed by atoms with Crippen LogP contribution < -0.4 is 17.0 Å². The Morgan fingerprint density at radius 1 is 1.50 bits per heavy atom.